The van der Waals surface area contributed by atoms with E-state index in [9.17, 15) is 14.4 Å². The molecule has 1 atom stereocenters. The molecule has 0 bridgehead atoms. The fraction of sp³-hybridized carbons (Fsp3) is 0.700. The van der Waals surface area contributed by atoms with E-state index in [1.54, 1.807) is 0 Å². The number of carbonyl (C=O) groups is 3. The molecule has 0 heterocycles. The lowest BCUT2D eigenvalue weighted by Gasteiger charge is -2.14. The minimum Gasteiger partial charge on any atom is -0.481 e. The van der Waals surface area contributed by atoms with Gasteiger partial charge >= 0.3 is 12.0 Å². The molecule has 5 N–H and O–H groups in total. The zero-order valence-corrected chi connectivity index (χ0v) is 10.7. The van der Waals surface area contributed by atoms with Gasteiger partial charge in [-0.2, -0.15) is 0 Å². The number of primary amides is 1. The van der Waals surface area contributed by atoms with Crippen LogP contribution in [-0.4, -0.2) is 62.5 Å². The molecule has 0 radical (unpaired) electrons. The lowest BCUT2D eigenvalue weighted by atomic mass is 10.2. The Morgan fingerprint density at radius 1 is 1.32 bits per heavy atom. The van der Waals surface area contributed by atoms with Crippen LogP contribution in [0.4, 0.5) is 4.79 Å². The first-order valence-corrected chi connectivity index (χ1v) is 5.58. The lowest BCUT2D eigenvalue weighted by molar-refractivity contribution is -0.139. The van der Waals surface area contributed by atoms with E-state index in [0.29, 0.717) is 0 Å². The largest absolute Gasteiger partial charge is 0.481 e. The Balaban J connectivity index is 3.62. The number of carboxylic acid groups (broad SMARTS) is 1. The highest BCUT2D eigenvalue weighted by Crippen LogP contribution is 1.94. The van der Waals surface area contributed by atoms with E-state index in [4.69, 9.17) is 20.3 Å². The van der Waals surface area contributed by atoms with Crippen LogP contribution in [0.2, 0.25) is 0 Å². The molecule has 9 heteroatoms. The van der Waals surface area contributed by atoms with E-state index >= 15 is 0 Å². The maximum absolute atomic E-state index is 11.3. The van der Waals surface area contributed by atoms with Gasteiger partial charge in [0.05, 0.1) is 19.1 Å². The number of nitrogens with two attached hydrogens (primary N) is 1. The summed E-state index contributed by atoms with van der Waals surface area (Å²) in [5, 5.41) is 13.5. The minimum absolute atomic E-state index is 0.0801. The number of carbonyl (C=O) groups excluding carboxylic acids is 2. The Bertz CT molecular complexity index is 310. The first kappa shape index (κ1) is 17.1. The topological polar surface area (TPSA) is 140 Å². The van der Waals surface area contributed by atoms with Crippen LogP contribution < -0.4 is 16.4 Å². The second kappa shape index (κ2) is 10.1. The standard InChI is InChI=1S/C10H19N3O6/c1-18-7(4-9(15)16)5-13-10(17)12-2-3-19-6-8(11)14/h7H,2-6H2,1H3,(H2,11,14)(H,15,16)(H2,12,13,17). The smallest absolute Gasteiger partial charge is 0.314 e. The van der Waals surface area contributed by atoms with Crippen LogP contribution in [0, 0.1) is 0 Å². The van der Waals surface area contributed by atoms with Gasteiger partial charge in [-0.05, 0) is 0 Å². The summed E-state index contributed by atoms with van der Waals surface area (Å²) in [7, 11) is 1.37. The van der Waals surface area contributed by atoms with Crippen LogP contribution in [0.25, 0.3) is 0 Å². The van der Waals surface area contributed by atoms with E-state index in [0.717, 1.165) is 0 Å². The molecule has 19 heavy (non-hydrogen) atoms. The molecule has 0 aromatic heterocycles. The number of rotatable bonds is 10. The van der Waals surface area contributed by atoms with Gasteiger partial charge in [0.1, 0.15) is 6.61 Å². The highest BCUT2D eigenvalue weighted by molar-refractivity contribution is 5.75. The molecule has 3 amide bonds. The summed E-state index contributed by atoms with van der Waals surface area (Å²) in [6, 6.07) is -0.477. The summed E-state index contributed by atoms with van der Waals surface area (Å²) >= 11 is 0. The van der Waals surface area contributed by atoms with E-state index in [-0.39, 0.29) is 32.7 Å². The number of nitrogens with one attached hydrogen (secondary N) is 2. The molecule has 110 valence electrons. The molecule has 0 aliphatic heterocycles. The Morgan fingerprint density at radius 2 is 2.00 bits per heavy atom. The average Bonchev–Trinajstić information content (AvgIpc) is 2.33. The zero-order chi connectivity index (χ0) is 14.7. The molecule has 0 fully saturated rings. The summed E-state index contributed by atoms with van der Waals surface area (Å²) in [6.45, 7) is 0.235. The number of ether oxygens (including phenoxy) is 2. The maximum atomic E-state index is 11.3. The summed E-state index contributed by atoms with van der Waals surface area (Å²) < 4.78 is 9.71. The highest BCUT2D eigenvalue weighted by Gasteiger charge is 2.13. The molecule has 0 aromatic rings. The molecule has 0 aliphatic carbocycles. The number of amides is 3. The lowest BCUT2D eigenvalue weighted by Crippen LogP contribution is -2.42. The average molecular weight is 277 g/mol. The summed E-state index contributed by atoms with van der Waals surface area (Å²) in [5.74, 6) is -1.59. The molecule has 9 nitrogen and oxygen atoms in total. The molecule has 0 saturated heterocycles. The van der Waals surface area contributed by atoms with Crippen molar-refractivity contribution in [2.45, 2.75) is 12.5 Å². The molecule has 0 aliphatic rings. The van der Waals surface area contributed by atoms with Crippen molar-refractivity contribution in [2.75, 3.05) is 33.4 Å². The van der Waals surface area contributed by atoms with Crippen molar-refractivity contribution in [3.63, 3.8) is 0 Å². The van der Waals surface area contributed by atoms with Crippen molar-refractivity contribution in [3.05, 3.63) is 0 Å². The fourth-order valence-electron chi connectivity index (χ4n) is 1.11. The quantitative estimate of drug-likeness (QED) is 0.350. The Labute approximate surface area is 110 Å². The maximum Gasteiger partial charge on any atom is 0.314 e. The van der Waals surface area contributed by atoms with Crippen LogP contribution in [0.1, 0.15) is 6.42 Å². The third-order valence-corrected chi connectivity index (χ3v) is 2.00. The van der Waals surface area contributed by atoms with Gasteiger partial charge in [-0.3, -0.25) is 9.59 Å². The first-order chi connectivity index (χ1) is 8.95. The van der Waals surface area contributed by atoms with Gasteiger partial charge in [-0.25, -0.2) is 4.79 Å². The highest BCUT2D eigenvalue weighted by atomic mass is 16.5. The van der Waals surface area contributed by atoms with Crippen molar-refractivity contribution >= 4 is 17.9 Å². The molecule has 0 rings (SSSR count). The second-order valence-corrected chi connectivity index (χ2v) is 3.61. The molecule has 1 unspecified atom stereocenters. The zero-order valence-electron chi connectivity index (χ0n) is 10.7. The van der Waals surface area contributed by atoms with Gasteiger partial charge in [0.2, 0.25) is 5.91 Å². The predicted molar refractivity (Wildman–Crippen MR) is 64.5 cm³/mol. The summed E-state index contributed by atoms with van der Waals surface area (Å²) in [6.07, 6.45) is -0.784. The number of carboxylic acids is 1. The number of hydrogen-bond donors (Lipinski definition) is 4. The second-order valence-electron chi connectivity index (χ2n) is 3.61. The molecule has 0 spiro atoms. The Hall–Kier alpha value is -1.87. The van der Waals surface area contributed by atoms with Gasteiger partial charge < -0.3 is 30.9 Å². The first-order valence-electron chi connectivity index (χ1n) is 5.58. The normalized spacial score (nSPS) is 11.6. The third kappa shape index (κ3) is 11.0. The molecular formula is C10H19N3O6. The fourth-order valence-corrected chi connectivity index (χ4v) is 1.11. The van der Waals surface area contributed by atoms with Gasteiger partial charge in [0.25, 0.3) is 0 Å². The van der Waals surface area contributed by atoms with Gasteiger partial charge in [0, 0.05) is 20.2 Å². The SMILES string of the molecule is COC(CNC(=O)NCCOCC(N)=O)CC(=O)O. The van der Waals surface area contributed by atoms with Crippen LogP contribution in [0.5, 0.6) is 0 Å². The summed E-state index contributed by atoms with van der Waals surface area (Å²) in [4.78, 5) is 32.1. The van der Waals surface area contributed by atoms with E-state index < -0.39 is 24.0 Å². The third-order valence-electron chi connectivity index (χ3n) is 2.00. The van der Waals surface area contributed by atoms with E-state index in [1.807, 2.05) is 0 Å². The van der Waals surface area contributed by atoms with Gasteiger partial charge in [0.15, 0.2) is 0 Å². The number of aliphatic carboxylic acids is 1. The molecule has 0 aromatic carbocycles. The van der Waals surface area contributed by atoms with Crippen LogP contribution in [0.3, 0.4) is 0 Å². The van der Waals surface area contributed by atoms with Crippen molar-refractivity contribution in [2.24, 2.45) is 5.73 Å². The van der Waals surface area contributed by atoms with Crippen molar-refractivity contribution in [3.8, 4) is 0 Å². The predicted octanol–water partition coefficient (Wildman–Crippen LogP) is -1.72. The van der Waals surface area contributed by atoms with Crippen LogP contribution >= 0.6 is 0 Å². The van der Waals surface area contributed by atoms with Crippen LogP contribution in [0.15, 0.2) is 0 Å². The molecular weight excluding hydrogens is 258 g/mol. The number of urea groups is 1. The van der Waals surface area contributed by atoms with E-state index in [1.165, 1.54) is 7.11 Å². The number of hydrogen-bond acceptors (Lipinski definition) is 5. The van der Waals surface area contributed by atoms with Crippen LogP contribution in [-0.2, 0) is 19.1 Å². The van der Waals surface area contributed by atoms with Crippen molar-refractivity contribution < 1.29 is 29.0 Å². The van der Waals surface area contributed by atoms with E-state index in [2.05, 4.69) is 10.6 Å². The Kier molecular flexibility index (Phi) is 9.10. The minimum atomic E-state index is -1.01. The summed E-state index contributed by atoms with van der Waals surface area (Å²) in [5.41, 5.74) is 4.85. The monoisotopic (exact) mass is 277 g/mol. The number of methoxy groups -OCH3 is 1. The Morgan fingerprint density at radius 3 is 2.53 bits per heavy atom. The van der Waals surface area contributed by atoms with Gasteiger partial charge in [-0.15, -0.1) is 0 Å². The van der Waals surface area contributed by atoms with Crippen molar-refractivity contribution in [1.82, 2.24) is 10.6 Å². The van der Waals surface area contributed by atoms with Crippen molar-refractivity contribution in [1.29, 1.82) is 0 Å². The van der Waals surface area contributed by atoms with Gasteiger partial charge in [-0.1, -0.05) is 0 Å². The molecule has 0 saturated carbocycles.